The highest BCUT2D eigenvalue weighted by molar-refractivity contribution is 7.17. The van der Waals surface area contributed by atoms with Crippen molar-refractivity contribution in [3.05, 3.63) is 173 Å². The first-order chi connectivity index (χ1) is 29.1. The quantitative estimate of drug-likeness (QED) is 0.163. The van der Waals surface area contributed by atoms with Crippen molar-refractivity contribution in [2.24, 2.45) is 0 Å². The Labute approximate surface area is 367 Å². The molecule has 0 bridgehead atoms. The molecule has 4 heteroatoms. The smallest absolute Gasteiger partial charge is 0.252 e. The fourth-order valence-electron chi connectivity index (χ4n) is 9.72. The molecule has 0 atom stereocenters. The second kappa shape index (κ2) is 14.1. The Bertz CT molecular complexity index is 2990. The summed E-state index contributed by atoms with van der Waals surface area (Å²) in [6.45, 7) is 23.1. The molecule has 2 nitrogen and oxygen atoms in total. The van der Waals surface area contributed by atoms with Crippen molar-refractivity contribution in [3.8, 4) is 22.3 Å². The molecule has 0 saturated carbocycles. The van der Waals surface area contributed by atoms with E-state index in [0.717, 1.165) is 0 Å². The number of hydrogen-bond donors (Lipinski definition) is 0. The summed E-state index contributed by atoms with van der Waals surface area (Å²) in [7, 11) is 0. The molecular weight excluding hydrogens is 756 g/mol. The van der Waals surface area contributed by atoms with Crippen molar-refractivity contribution in [1.29, 1.82) is 0 Å². The predicted molar refractivity (Wildman–Crippen MR) is 268 cm³/mol. The first-order valence-corrected chi connectivity index (χ1v) is 22.7. The molecule has 0 spiro atoms. The summed E-state index contributed by atoms with van der Waals surface area (Å²) in [6.07, 6.45) is 0. The van der Waals surface area contributed by atoms with Crippen LogP contribution < -0.4 is 26.2 Å². The highest BCUT2D eigenvalue weighted by Gasteiger charge is 2.44. The minimum Gasteiger partial charge on any atom is -0.311 e. The van der Waals surface area contributed by atoms with E-state index < -0.39 is 0 Å². The van der Waals surface area contributed by atoms with Gasteiger partial charge >= 0.3 is 0 Å². The summed E-state index contributed by atoms with van der Waals surface area (Å²) < 4.78 is 1.32. The second-order valence-electron chi connectivity index (χ2n) is 20.4. The largest absolute Gasteiger partial charge is 0.311 e. The van der Waals surface area contributed by atoms with Crippen LogP contribution in [0.15, 0.2) is 151 Å². The molecule has 0 saturated heterocycles. The van der Waals surface area contributed by atoms with Crippen molar-refractivity contribution >= 4 is 78.6 Å². The van der Waals surface area contributed by atoms with E-state index in [4.69, 9.17) is 0 Å². The van der Waals surface area contributed by atoms with Crippen LogP contribution in [0.5, 0.6) is 0 Å². The zero-order valence-corrected chi connectivity index (χ0v) is 38.1. The number of nitrogens with zero attached hydrogens (tertiary/aromatic N) is 2. The van der Waals surface area contributed by atoms with Crippen LogP contribution in [0.4, 0.5) is 34.1 Å². The fourth-order valence-corrected chi connectivity index (χ4v) is 10.5. The van der Waals surface area contributed by atoms with Crippen LogP contribution in [-0.2, 0) is 16.2 Å². The van der Waals surface area contributed by atoms with E-state index in [1.807, 2.05) is 11.3 Å². The van der Waals surface area contributed by atoms with E-state index >= 15 is 0 Å². The van der Waals surface area contributed by atoms with Crippen molar-refractivity contribution < 1.29 is 0 Å². The first-order valence-electron chi connectivity index (χ1n) is 21.9. The number of thiophene rings is 1. The van der Waals surface area contributed by atoms with E-state index in [-0.39, 0.29) is 23.0 Å². The zero-order valence-electron chi connectivity index (χ0n) is 37.3. The van der Waals surface area contributed by atoms with Crippen LogP contribution in [-0.4, -0.2) is 6.71 Å². The van der Waals surface area contributed by atoms with Gasteiger partial charge in [-0.15, -0.1) is 11.3 Å². The molecule has 8 aromatic rings. The van der Waals surface area contributed by atoms with Gasteiger partial charge in [-0.1, -0.05) is 147 Å². The highest BCUT2D eigenvalue weighted by Crippen LogP contribution is 2.48. The van der Waals surface area contributed by atoms with Crippen LogP contribution >= 0.6 is 11.3 Å². The van der Waals surface area contributed by atoms with Gasteiger partial charge in [0.25, 0.3) is 6.71 Å². The van der Waals surface area contributed by atoms with Crippen molar-refractivity contribution in [2.75, 3.05) is 9.80 Å². The summed E-state index contributed by atoms with van der Waals surface area (Å²) in [5.41, 5.74) is 21.6. The van der Waals surface area contributed by atoms with Gasteiger partial charge < -0.3 is 9.80 Å². The van der Waals surface area contributed by atoms with Gasteiger partial charge in [-0.2, -0.15) is 0 Å². The Balaban J connectivity index is 1.31. The van der Waals surface area contributed by atoms with E-state index in [0.29, 0.717) is 0 Å². The monoisotopic (exact) mass is 810 g/mol. The maximum atomic E-state index is 2.60. The average molecular weight is 811 g/mol. The Kier molecular flexibility index (Phi) is 9.09. The van der Waals surface area contributed by atoms with E-state index in [2.05, 4.69) is 230 Å². The number of fused-ring (bicyclic) bond motifs is 5. The SMILES string of the molecule is Cc1cc2c3c(c1)N(c1ccc(C(C)(C)C)cc1-c1ccccc1)c1ccc(-c4cccc5sccc45)cc1B3c1cc(C(C)(C)C)ccc1N2c1ccc(C(C)(C)C)cc1. The zero-order chi connectivity index (χ0) is 42.6. The van der Waals surface area contributed by atoms with Crippen LogP contribution in [0.2, 0.25) is 0 Å². The molecule has 1 aromatic heterocycles. The van der Waals surface area contributed by atoms with Gasteiger partial charge in [0.15, 0.2) is 0 Å². The molecular formula is C57H55BN2S. The second-order valence-corrected chi connectivity index (χ2v) is 21.3. The van der Waals surface area contributed by atoms with E-state index in [1.165, 1.54) is 105 Å². The normalized spacial score (nSPS) is 13.6. The maximum absolute atomic E-state index is 2.60. The number of hydrogen-bond acceptors (Lipinski definition) is 3. The van der Waals surface area contributed by atoms with Crippen molar-refractivity contribution in [2.45, 2.75) is 85.5 Å². The maximum Gasteiger partial charge on any atom is 0.252 e. The fraction of sp³-hybridized carbons (Fsp3) is 0.228. The summed E-state index contributed by atoms with van der Waals surface area (Å²) in [5.74, 6) is 0. The number of aryl methyl sites for hydroxylation is 1. The number of benzene rings is 7. The lowest BCUT2D eigenvalue weighted by molar-refractivity contribution is 0.590. The molecule has 0 radical (unpaired) electrons. The standard InChI is InChI=1S/C57H55BN2S/c1-36-31-51-54-52(32-36)60(48-27-22-40(56(5,6)7)34-45(48)37-15-12-11-13-16-37)50-26-19-38(43-17-14-18-53-44(43)29-30-61-53)33-46(50)58(54)47-35-41(57(8,9)10)23-28-49(47)59(51)42-24-20-39(21-25-42)55(2,3)4/h11-35H,1-10H3. The molecule has 0 unspecified atom stereocenters. The van der Waals surface area contributed by atoms with E-state index in [9.17, 15) is 0 Å². The predicted octanol–water partition coefficient (Wildman–Crippen LogP) is 14.5. The van der Waals surface area contributed by atoms with Crippen LogP contribution in [0.25, 0.3) is 32.3 Å². The Morgan fingerprint density at radius 3 is 1.72 bits per heavy atom. The molecule has 10 rings (SSSR count). The minimum absolute atomic E-state index is 0.00917. The summed E-state index contributed by atoms with van der Waals surface area (Å²) >= 11 is 1.81. The third kappa shape index (κ3) is 6.62. The summed E-state index contributed by atoms with van der Waals surface area (Å²) in [4.78, 5) is 5.15. The van der Waals surface area contributed by atoms with Gasteiger partial charge in [-0.3, -0.25) is 0 Å². The Hall–Kier alpha value is -5.84. The topological polar surface area (TPSA) is 6.48 Å². The average Bonchev–Trinajstić information content (AvgIpc) is 3.72. The first kappa shape index (κ1) is 39.3. The van der Waals surface area contributed by atoms with Gasteiger partial charge in [0.2, 0.25) is 0 Å². The van der Waals surface area contributed by atoms with Crippen molar-refractivity contribution in [1.82, 2.24) is 0 Å². The molecule has 2 aliphatic rings. The Morgan fingerprint density at radius 1 is 0.443 bits per heavy atom. The molecule has 0 aliphatic carbocycles. The summed E-state index contributed by atoms with van der Waals surface area (Å²) in [6, 6.07) is 56.0. The minimum atomic E-state index is -0.0238. The lowest BCUT2D eigenvalue weighted by Crippen LogP contribution is -2.61. The van der Waals surface area contributed by atoms with Crippen molar-refractivity contribution in [3.63, 3.8) is 0 Å². The van der Waals surface area contributed by atoms with Crippen LogP contribution in [0.1, 0.15) is 84.6 Å². The molecule has 7 aromatic carbocycles. The lowest BCUT2D eigenvalue weighted by atomic mass is 9.33. The van der Waals surface area contributed by atoms with Gasteiger partial charge in [0.1, 0.15) is 0 Å². The molecule has 3 heterocycles. The van der Waals surface area contributed by atoms with Crippen LogP contribution in [0, 0.1) is 6.92 Å². The number of anilines is 6. The Morgan fingerprint density at radius 2 is 1.03 bits per heavy atom. The van der Waals surface area contributed by atoms with Gasteiger partial charge in [-0.05, 0) is 145 Å². The molecule has 0 N–H and O–H groups in total. The van der Waals surface area contributed by atoms with Gasteiger partial charge in [0.05, 0.1) is 5.69 Å². The lowest BCUT2D eigenvalue weighted by Gasteiger charge is -2.45. The molecule has 61 heavy (non-hydrogen) atoms. The number of rotatable bonds is 4. The van der Waals surface area contributed by atoms with Gasteiger partial charge in [-0.25, -0.2) is 0 Å². The molecule has 0 fully saturated rings. The third-order valence-electron chi connectivity index (χ3n) is 13.1. The molecule has 302 valence electrons. The van der Waals surface area contributed by atoms with Gasteiger partial charge in [0, 0.05) is 44.1 Å². The molecule has 2 aliphatic heterocycles. The molecule has 0 amide bonds. The third-order valence-corrected chi connectivity index (χ3v) is 13.9. The highest BCUT2D eigenvalue weighted by atomic mass is 32.1. The van der Waals surface area contributed by atoms with E-state index in [1.54, 1.807) is 0 Å². The van der Waals surface area contributed by atoms with Crippen LogP contribution in [0.3, 0.4) is 0 Å². The summed E-state index contributed by atoms with van der Waals surface area (Å²) in [5, 5.41) is 3.53.